The highest BCUT2D eigenvalue weighted by Gasteiger charge is 2.36. The van der Waals surface area contributed by atoms with Crippen LogP contribution in [0.1, 0.15) is 61.3 Å². The average Bonchev–Trinajstić information content (AvgIpc) is 2.83. The lowest BCUT2D eigenvalue weighted by atomic mass is 9.77. The van der Waals surface area contributed by atoms with Gasteiger partial charge in [-0.05, 0) is 67.9 Å². The van der Waals surface area contributed by atoms with E-state index in [0.717, 1.165) is 69.3 Å². The van der Waals surface area contributed by atoms with Gasteiger partial charge in [0.05, 0.1) is 22.7 Å². The molecular weight excluding hydrogens is 487 g/mol. The third kappa shape index (κ3) is 5.12. The van der Waals surface area contributed by atoms with Gasteiger partial charge in [-0.25, -0.2) is 13.4 Å². The van der Waals surface area contributed by atoms with Gasteiger partial charge in [0, 0.05) is 18.7 Å². The summed E-state index contributed by atoms with van der Waals surface area (Å²) in [4.78, 5) is 10.7. The highest BCUT2D eigenvalue weighted by molar-refractivity contribution is 7.90. The second-order valence-electron chi connectivity index (χ2n) is 9.55. The summed E-state index contributed by atoms with van der Waals surface area (Å²) in [6.45, 7) is 1.64. The van der Waals surface area contributed by atoms with Crippen molar-refractivity contribution < 1.29 is 21.6 Å². The second kappa shape index (κ2) is 9.84. The summed E-state index contributed by atoms with van der Waals surface area (Å²) >= 11 is 0. The zero-order valence-electron chi connectivity index (χ0n) is 19.8. The van der Waals surface area contributed by atoms with E-state index in [0.29, 0.717) is 11.4 Å². The number of rotatable bonds is 6. The summed E-state index contributed by atoms with van der Waals surface area (Å²) in [5, 5.41) is -0.0938. The normalized spacial score (nSPS) is 17.1. The van der Waals surface area contributed by atoms with Gasteiger partial charge in [0.15, 0.2) is 5.03 Å². The van der Waals surface area contributed by atoms with Crippen LogP contribution in [0.2, 0.25) is 0 Å². The number of sulfone groups is 1. The molecule has 1 saturated heterocycles. The maximum Gasteiger partial charge on any atom is 0.418 e. The number of benzene rings is 1. The van der Waals surface area contributed by atoms with E-state index in [1.807, 2.05) is 12.1 Å². The van der Waals surface area contributed by atoms with Gasteiger partial charge in [-0.1, -0.05) is 36.8 Å². The number of aromatic nitrogens is 2. The minimum atomic E-state index is -4.61. The Morgan fingerprint density at radius 2 is 1.61 bits per heavy atom. The molecule has 0 bridgehead atoms. The lowest BCUT2D eigenvalue weighted by molar-refractivity contribution is -0.137. The van der Waals surface area contributed by atoms with Crippen LogP contribution in [-0.4, -0.2) is 31.5 Å². The van der Waals surface area contributed by atoms with E-state index in [9.17, 15) is 21.6 Å². The van der Waals surface area contributed by atoms with Crippen molar-refractivity contribution in [1.29, 1.82) is 0 Å². The SMILES string of the molecule is O=S(=O)(Cc1ccc(C(F)(F)F)c(-c2ccccc2C2CCC2)n1)c1cccc(N2CCCCC2)n1. The first-order chi connectivity index (χ1) is 17.2. The van der Waals surface area contributed by atoms with E-state index in [1.165, 1.54) is 6.07 Å². The molecule has 1 aliphatic heterocycles. The number of anilines is 1. The summed E-state index contributed by atoms with van der Waals surface area (Å²) < 4.78 is 68.3. The molecule has 36 heavy (non-hydrogen) atoms. The van der Waals surface area contributed by atoms with Crippen molar-refractivity contribution >= 4 is 15.7 Å². The first-order valence-corrected chi connectivity index (χ1v) is 14.0. The monoisotopic (exact) mass is 515 g/mol. The van der Waals surface area contributed by atoms with Crippen LogP contribution in [0.4, 0.5) is 19.0 Å². The number of halogens is 3. The lowest BCUT2D eigenvalue weighted by Gasteiger charge is -2.28. The van der Waals surface area contributed by atoms with E-state index in [2.05, 4.69) is 14.9 Å². The Bertz CT molecular complexity index is 1350. The molecule has 190 valence electrons. The van der Waals surface area contributed by atoms with Crippen molar-refractivity contribution in [3.05, 3.63) is 71.4 Å². The van der Waals surface area contributed by atoms with E-state index in [1.54, 1.807) is 24.3 Å². The van der Waals surface area contributed by atoms with E-state index >= 15 is 0 Å². The Morgan fingerprint density at radius 3 is 2.31 bits per heavy atom. The van der Waals surface area contributed by atoms with Crippen molar-refractivity contribution in [2.24, 2.45) is 0 Å². The number of piperidine rings is 1. The molecule has 0 atom stereocenters. The molecule has 2 aliphatic rings. The average molecular weight is 516 g/mol. The van der Waals surface area contributed by atoms with Crippen molar-refractivity contribution in [3.63, 3.8) is 0 Å². The highest BCUT2D eigenvalue weighted by atomic mass is 32.2. The summed E-state index contributed by atoms with van der Waals surface area (Å²) in [6, 6.07) is 14.0. The maximum atomic E-state index is 13.9. The Kier molecular flexibility index (Phi) is 6.76. The molecule has 2 fully saturated rings. The molecule has 1 saturated carbocycles. The largest absolute Gasteiger partial charge is 0.418 e. The molecule has 1 aliphatic carbocycles. The predicted octanol–water partition coefficient (Wildman–Crippen LogP) is 6.39. The van der Waals surface area contributed by atoms with Gasteiger partial charge in [-0.3, -0.25) is 4.98 Å². The molecule has 1 aromatic carbocycles. The molecule has 0 N–H and O–H groups in total. The summed E-state index contributed by atoms with van der Waals surface area (Å²) in [7, 11) is -3.92. The zero-order chi connectivity index (χ0) is 25.3. The van der Waals surface area contributed by atoms with Gasteiger partial charge in [0.2, 0.25) is 9.84 Å². The van der Waals surface area contributed by atoms with Gasteiger partial charge < -0.3 is 4.90 Å². The van der Waals surface area contributed by atoms with Crippen LogP contribution in [-0.2, 0) is 21.8 Å². The van der Waals surface area contributed by atoms with Crippen LogP contribution >= 0.6 is 0 Å². The quantitative estimate of drug-likeness (QED) is 0.380. The molecule has 5 nitrogen and oxygen atoms in total. The van der Waals surface area contributed by atoms with Crippen molar-refractivity contribution in [1.82, 2.24) is 9.97 Å². The van der Waals surface area contributed by atoms with Crippen LogP contribution in [0.3, 0.4) is 0 Å². The van der Waals surface area contributed by atoms with Crippen molar-refractivity contribution in [2.45, 2.75) is 61.4 Å². The number of hydrogen-bond donors (Lipinski definition) is 0. The predicted molar refractivity (Wildman–Crippen MR) is 132 cm³/mol. The van der Waals surface area contributed by atoms with Crippen LogP contribution in [0.5, 0.6) is 0 Å². The molecular formula is C27H28F3N3O2S. The van der Waals surface area contributed by atoms with Gasteiger partial charge in [0.25, 0.3) is 0 Å². The fraction of sp³-hybridized carbons (Fsp3) is 0.407. The van der Waals surface area contributed by atoms with Gasteiger partial charge in [-0.2, -0.15) is 13.2 Å². The Hall–Kier alpha value is -2.94. The molecule has 3 aromatic rings. The third-order valence-corrected chi connectivity index (χ3v) is 8.61. The fourth-order valence-corrected chi connectivity index (χ4v) is 6.16. The van der Waals surface area contributed by atoms with Gasteiger partial charge in [0.1, 0.15) is 5.82 Å². The van der Waals surface area contributed by atoms with Crippen LogP contribution in [0.25, 0.3) is 11.3 Å². The number of hydrogen-bond acceptors (Lipinski definition) is 5. The number of nitrogens with zero attached hydrogens (tertiary/aromatic N) is 3. The smallest absolute Gasteiger partial charge is 0.357 e. The van der Waals surface area contributed by atoms with Crippen LogP contribution in [0, 0.1) is 0 Å². The summed E-state index contributed by atoms with van der Waals surface area (Å²) in [6.07, 6.45) is 1.47. The van der Waals surface area contributed by atoms with E-state index in [-0.39, 0.29) is 22.3 Å². The Balaban J connectivity index is 1.50. The second-order valence-corrected chi connectivity index (χ2v) is 11.5. The number of alkyl halides is 3. The topological polar surface area (TPSA) is 63.2 Å². The Labute approximate surface area is 209 Å². The highest BCUT2D eigenvalue weighted by Crippen LogP contribution is 2.44. The fourth-order valence-electron chi connectivity index (χ4n) is 4.95. The molecule has 5 rings (SSSR count). The molecule has 2 aromatic heterocycles. The van der Waals surface area contributed by atoms with Crippen LogP contribution in [0.15, 0.2) is 59.6 Å². The standard InChI is InChI=1S/C27H28F3N3O2S/c28-27(29,30)23-15-14-20(31-26(23)22-11-3-2-10-21(22)19-8-6-9-19)18-36(34,35)25-13-7-12-24(32-25)33-16-4-1-5-17-33/h2-3,7,10-15,19H,1,4-6,8-9,16-18H2. The minimum Gasteiger partial charge on any atom is -0.357 e. The van der Waals surface area contributed by atoms with Gasteiger partial charge >= 0.3 is 6.18 Å². The number of pyridine rings is 2. The summed E-state index contributed by atoms with van der Waals surface area (Å²) in [5.74, 6) is 0.268. The first-order valence-electron chi connectivity index (χ1n) is 12.3. The minimum absolute atomic E-state index is 0.0617. The lowest BCUT2D eigenvalue weighted by Crippen LogP contribution is -2.30. The molecule has 0 spiro atoms. The van der Waals surface area contributed by atoms with Crippen molar-refractivity contribution in [2.75, 3.05) is 18.0 Å². The molecule has 0 amide bonds. The summed E-state index contributed by atoms with van der Waals surface area (Å²) in [5.41, 5.74) is 0.233. The molecule has 9 heteroatoms. The molecule has 0 unspecified atom stereocenters. The van der Waals surface area contributed by atoms with E-state index in [4.69, 9.17) is 0 Å². The van der Waals surface area contributed by atoms with E-state index < -0.39 is 27.3 Å². The molecule has 0 radical (unpaired) electrons. The Morgan fingerprint density at radius 1 is 0.861 bits per heavy atom. The third-order valence-electron chi connectivity index (χ3n) is 7.06. The van der Waals surface area contributed by atoms with Crippen LogP contribution < -0.4 is 4.90 Å². The molecule has 3 heterocycles. The first kappa shape index (κ1) is 24.7. The maximum absolute atomic E-state index is 13.9. The zero-order valence-corrected chi connectivity index (χ0v) is 20.7. The van der Waals surface area contributed by atoms with Crippen molar-refractivity contribution in [3.8, 4) is 11.3 Å². The van der Waals surface area contributed by atoms with Gasteiger partial charge in [-0.15, -0.1) is 0 Å².